The minimum Gasteiger partial charge on any atom is -0.399 e. The van der Waals surface area contributed by atoms with E-state index in [4.69, 9.17) is 5.73 Å². The van der Waals surface area contributed by atoms with Gasteiger partial charge in [0.05, 0.1) is 0 Å². The fourth-order valence-electron chi connectivity index (χ4n) is 1.95. The molecule has 1 aliphatic heterocycles. The molecule has 0 spiro atoms. The number of rotatable bonds is 2. The quantitative estimate of drug-likeness (QED) is 0.810. The molecule has 3 N–H and O–H groups in total. The van der Waals surface area contributed by atoms with E-state index < -0.39 is 10.8 Å². The van der Waals surface area contributed by atoms with Gasteiger partial charge in [-0.3, -0.25) is 9.00 Å². The summed E-state index contributed by atoms with van der Waals surface area (Å²) in [6.45, 7) is 0. The lowest BCUT2D eigenvalue weighted by Gasteiger charge is -2.22. The molecule has 1 aliphatic rings. The van der Waals surface area contributed by atoms with Gasteiger partial charge in [0.2, 0.25) is 0 Å². The molecule has 1 fully saturated rings. The molecule has 98 valence electrons. The van der Waals surface area contributed by atoms with Crippen molar-refractivity contribution in [1.29, 1.82) is 0 Å². The van der Waals surface area contributed by atoms with Crippen LogP contribution in [0.4, 0.5) is 5.69 Å². The van der Waals surface area contributed by atoms with E-state index in [1.54, 1.807) is 18.2 Å². The zero-order valence-corrected chi connectivity index (χ0v) is 12.2. The van der Waals surface area contributed by atoms with Crippen LogP contribution in [0.25, 0.3) is 0 Å². The first kappa shape index (κ1) is 13.5. The van der Waals surface area contributed by atoms with Crippen LogP contribution in [-0.4, -0.2) is 27.7 Å². The Labute approximate surface area is 117 Å². The highest BCUT2D eigenvalue weighted by Crippen LogP contribution is 2.18. The highest BCUT2D eigenvalue weighted by Gasteiger charge is 2.20. The maximum absolute atomic E-state index is 12.0. The summed E-state index contributed by atoms with van der Waals surface area (Å²) in [7, 11) is -0.706. The average Bonchev–Trinajstić information content (AvgIpc) is 2.31. The number of amides is 1. The zero-order chi connectivity index (χ0) is 13.1. The van der Waals surface area contributed by atoms with E-state index in [0.29, 0.717) is 22.8 Å². The van der Waals surface area contributed by atoms with E-state index in [-0.39, 0.29) is 11.9 Å². The molecule has 0 atom stereocenters. The van der Waals surface area contributed by atoms with Gasteiger partial charge in [-0.15, -0.1) is 0 Å². The normalized spacial score (nSPS) is 23.6. The Kier molecular flexibility index (Phi) is 4.40. The number of hydrogen-bond acceptors (Lipinski definition) is 3. The van der Waals surface area contributed by atoms with Crippen molar-refractivity contribution in [2.45, 2.75) is 18.9 Å². The number of benzene rings is 1. The van der Waals surface area contributed by atoms with Gasteiger partial charge >= 0.3 is 0 Å². The molecule has 0 radical (unpaired) electrons. The van der Waals surface area contributed by atoms with Gasteiger partial charge in [0.1, 0.15) is 0 Å². The predicted octanol–water partition coefficient (Wildman–Crippen LogP) is 1.67. The van der Waals surface area contributed by atoms with Gasteiger partial charge in [-0.25, -0.2) is 0 Å². The summed E-state index contributed by atoms with van der Waals surface area (Å²) < 4.78 is 12.0. The van der Waals surface area contributed by atoms with Gasteiger partial charge in [0, 0.05) is 44.1 Å². The summed E-state index contributed by atoms with van der Waals surface area (Å²) in [5, 5.41) is 2.96. The number of nitrogens with two attached hydrogens (primary N) is 1. The first-order chi connectivity index (χ1) is 8.54. The van der Waals surface area contributed by atoms with Crippen LogP contribution in [0.2, 0.25) is 0 Å². The molecular formula is C12H15BrN2O2S. The molecule has 0 aliphatic carbocycles. The molecule has 1 heterocycles. The third-order valence-corrected chi connectivity index (χ3v) is 4.75. The molecule has 0 bridgehead atoms. The summed E-state index contributed by atoms with van der Waals surface area (Å²) in [6, 6.07) is 5.27. The molecule has 1 saturated heterocycles. The summed E-state index contributed by atoms with van der Waals surface area (Å²) >= 11 is 3.31. The molecule has 18 heavy (non-hydrogen) atoms. The summed E-state index contributed by atoms with van der Waals surface area (Å²) in [5.74, 6) is 1.22. The van der Waals surface area contributed by atoms with Crippen LogP contribution in [-0.2, 0) is 10.8 Å². The standard InChI is InChI=1S/C12H15BrN2O2S/c13-9-5-8(6-10(14)7-9)12(16)15-11-1-3-18(17)4-2-11/h5-7,11H,1-4,14H2,(H,15,16). The Balaban J connectivity index is 2.01. The van der Waals surface area contributed by atoms with Crippen LogP contribution < -0.4 is 11.1 Å². The molecule has 1 aromatic carbocycles. The first-order valence-corrected chi connectivity index (χ1v) is 8.04. The lowest BCUT2D eigenvalue weighted by molar-refractivity contribution is 0.0934. The monoisotopic (exact) mass is 330 g/mol. The molecule has 2 rings (SSSR count). The maximum atomic E-state index is 12.0. The van der Waals surface area contributed by atoms with Crippen molar-refractivity contribution in [1.82, 2.24) is 5.32 Å². The SMILES string of the molecule is Nc1cc(Br)cc(C(=O)NC2CCS(=O)CC2)c1. The number of carbonyl (C=O) groups is 1. The Morgan fingerprint density at radius 2 is 2.00 bits per heavy atom. The number of carbonyl (C=O) groups excluding carboxylic acids is 1. The number of halogens is 1. The zero-order valence-electron chi connectivity index (χ0n) is 9.82. The Bertz CT molecular complexity index is 463. The first-order valence-electron chi connectivity index (χ1n) is 5.76. The van der Waals surface area contributed by atoms with Crippen LogP contribution in [0, 0.1) is 0 Å². The summed E-state index contributed by atoms with van der Waals surface area (Å²) in [5.41, 5.74) is 6.80. The van der Waals surface area contributed by atoms with Crippen LogP contribution in [0.3, 0.4) is 0 Å². The van der Waals surface area contributed by atoms with E-state index in [2.05, 4.69) is 21.2 Å². The molecule has 0 aromatic heterocycles. The Morgan fingerprint density at radius 3 is 2.61 bits per heavy atom. The van der Waals surface area contributed by atoms with Crippen molar-refractivity contribution < 1.29 is 9.00 Å². The van der Waals surface area contributed by atoms with Crippen LogP contribution in [0.1, 0.15) is 23.2 Å². The van der Waals surface area contributed by atoms with Crippen LogP contribution in [0.5, 0.6) is 0 Å². The van der Waals surface area contributed by atoms with E-state index in [1.807, 2.05) is 0 Å². The lowest BCUT2D eigenvalue weighted by atomic mass is 10.1. The van der Waals surface area contributed by atoms with E-state index in [9.17, 15) is 9.00 Å². The predicted molar refractivity (Wildman–Crippen MR) is 76.9 cm³/mol. The van der Waals surface area contributed by atoms with Gasteiger partial charge in [-0.2, -0.15) is 0 Å². The molecule has 0 unspecified atom stereocenters. The van der Waals surface area contributed by atoms with Crippen molar-refractivity contribution in [3.8, 4) is 0 Å². The molecule has 0 saturated carbocycles. The lowest BCUT2D eigenvalue weighted by Crippen LogP contribution is -2.39. The summed E-state index contributed by atoms with van der Waals surface area (Å²) in [4.78, 5) is 12.0. The van der Waals surface area contributed by atoms with Crippen molar-refractivity contribution in [3.05, 3.63) is 28.2 Å². The minimum atomic E-state index is -0.706. The Morgan fingerprint density at radius 1 is 1.33 bits per heavy atom. The smallest absolute Gasteiger partial charge is 0.251 e. The van der Waals surface area contributed by atoms with Crippen molar-refractivity contribution in [3.63, 3.8) is 0 Å². The second-order valence-electron chi connectivity index (χ2n) is 4.37. The maximum Gasteiger partial charge on any atom is 0.251 e. The van der Waals surface area contributed by atoms with E-state index in [1.165, 1.54) is 0 Å². The molecule has 6 heteroatoms. The van der Waals surface area contributed by atoms with Gasteiger partial charge < -0.3 is 11.1 Å². The van der Waals surface area contributed by atoms with Gasteiger partial charge in [-0.1, -0.05) is 15.9 Å². The van der Waals surface area contributed by atoms with Crippen molar-refractivity contribution in [2.75, 3.05) is 17.2 Å². The number of nitrogen functional groups attached to an aromatic ring is 1. The van der Waals surface area contributed by atoms with E-state index >= 15 is 0 Å². The highest BCUT2D eigenvalue weighted by molar-refractivity contribution is 9.10. The fourth-order valence-corrected chi connectivity index (χ4v) is 3.76. The van der Waals surface area contributed by atoms with Crippen LogP contribution >= 0.6 is 15.9 Å². The van der Waals surface area contributed by atoms with Gasteiger partial charge in [0.15, 0.2) is 0 Å². The Hall–Kier alpha value is -0.880. The molecule has 4 nitrogen and oxygen atoms in total. The molecular weight excluding hydrogens is 316 g/mol. The van der Waals surface area contributed by atoms with E-state index in [0.717, 1.165) is 17.3 Å². The molecule has 1 aromatic rings. The van der Waals surface area contributed by atoms with Crippen LogP contribution in [0.15, 0.2) is 22.7 Å². The summed E-state index contributed by atoms with van der Waals surface area (Å²) in [6.07, 6.45) is 1.56. The third-order valence-electron chi connectivity index (χ3n) is 2.91. The largest absolute Gasteiger partial charge is 0.399 e. The number of hydrogen-bond donors (Lipinski definition) is 2. The second-order valence-corrected chi connectivity index (χ2v) is 6.98. The molecule has 1 amide bonds. The van der Waals surface area contributed by atoms with Gasteiger partial charge in [-0.05, 0) is 31.0 Å². The fraction of sp³-hybridized carbons (Fsp3) is 0.417. The third kappa shape index (κ3) is 3.55. The minimum absolute atomic E-state index is 0.121. The van der Waals surface area contributed by atoms with Gasteiger partial charge in [0.25, 0.3) is 5.91 Å². The second kappa shape index (κ2) is 5.84. The highest BCUT2D eigenvalue weighted by atomic mass is 79.9. The number of anilines is 1. The number of nitrogens with one attached hydrogen (secondary N) is 1. The average molecular weight is 331 g/mol. The van der Waals surface area contributed by atoms with Crippen molar-refractivity contribution in [2.24, 2.45) is 0 Å². The topological polar surface area (TPSA) is 72.2 Å². The van der Waals surface area contributed by atoms with Crippen molar-refractivity contribution >= 4 is 38.3 Å².